The summed E-state index contributed by atoms with van der Waals surface area (Å²) in [4.78, 5) is 8.26. The van der Waals surface area contributed by atoms with Crippen molar-refractivity contribution in [3.63, 3.8) is 0 Å². The van der Waals surface area contributed by atoms with E-state index >= 15 is 0 Å². The summed E-state index contributed by atoms with van der Waals surface area (Å²) in [5.74, 6) is 0.745. The van der Waals surface area contributed by atoms with E-state index in [9.17, 15) is 13.2 Å². The van der Waals surface area contributed by atoms with E-state index < -0.39 is 12.2 Å². The molecular formula is C21H29F3N6. The first-order valence-electron chi connectivity index (χ1n) is 10.3. The van der Waals surface area contributed by atoms with Gasteiger partial charge in [0.2, 0.25) is 0 Å². The minimum absolute atomic E-state index is 0.366. The Balaban J connectivity index is 1.61. The molecular weight excluding hydrogens is 393 g/mol. The van der Waals surface area contributed by atoms with Crippen molar-refractivity contribution in [1.29, 1.82) is 0 Å². The van der Waals surface area contributed by atoms with Crippen LogP contribution in [0.5, 0.6) is 0 Å². The zero-order chi connectivity index (χ0) is 21.6. The Morgan fingerprint density at radius 1 is 1.17 bits per heavy atom. The van der Waals surface area contributed by atoms with Crippen LogP contribution in [-0.4, -0.2) is 70.5 Å². The summed E-state index contributed by atoms with van der Waals surface area (Å²) in [5, 5.41) is 7.50. The summed E-state index contributed by atoms with van der Waals surface area (Å²) >= 11 is 0. The molecule has 1 aromatic heterocycles. The van der Waals surface area contributed by atoms with Gasteiger partial charge in [-0.2, -0.15) is 18.3 Å². The van der Waals surface area contributed by atoms with Crippen LogP contribution >= 0.6 is 0 Å². The van der Waals surface area contributed by atoms with Gasteiger partial charge in [0, 0.05) is 45.1 Å². The summed E-state index contributed by atoms with van der Waals surface area (Å²) in [6.07, 6.45) is -0.513. The van der Waals surface area contributed by atoms with Crippen molar-refractivity contribution in [3.8, 4) is 0 Å². The van der Waals surface area contributed by atoms with Crippen molar-refractivity contribution in [2.45, 2.75) is 39.2 Å². The first kappa shape index (κ1) is 22.1. The van der Waals surface area contributed by atoms with Crippen LogP contribution in [0.3, 0.4) is 0 Å². The number of guanidine groups is 1. The molecule has 2 aromatic rings. The van der Waals surface area contributed by atoms with Crippen LogP contribution in [0, 0.1) is 0 Å². The van der Waals surface area contributed by atoms with E-state index in [1.165, 1.54) is 11.8 Å². The summed E-state index contributed by atoms with van der Waals surface area (Å²) in [5.41, 5.74) is 2.23. The van der Waals surface area contributed by atoms with Gasteiger partial charge in [-0.15, -0.1) is 0 Å². The lowest BCUT2D eigenvalue weighted by atomic mass is 10.1. The lowest BCUT2D eigenvalue weighted by Gasteiger charge is -2.39. The first-order chi connectivity index (χ1) is 14.4. The van der Waals surface area contributed by atoms with Gasteiger partial charge in [0.15, 0.2) is 5.96 Å². The number of nitrogens with one attached hydrogen (secondary N) is 1. The fourth-order valence-electron chi connectivity index (χ4n) is 3.53. The van der Waals surface area contributed by atoms with Crippen LogP contribution in [0.2, 0.25) is 0 Å². The van der Waals surface area contributed by atoms with Gasteiger partial charge in [0.05, 0.1) is 13.1 Å². The largest absolute Gasteiger partial charge is 0.403 e. The van der Waals surface area contributed by atoms with Crippen LogP contribution in [0.15, 0.2) is 47.7 Å². The van der Waals surface area contributed by atoms with Gasteiger partial charge in [-0.25, -0.2) is 4.99 Å². The standard InChI is InChI=1S/C21H29F3N6/c1-3-25-20(29-12-10-28(11-13-29)17(2)21(22,23)24)26-15-18-6-4-7-19(14-18)16-30-9-5-8-27-30/h4-9,14,17H,3,10-13,15-16H2,1-2H3,(H,25,26). The highest BCUT2D eigenvalue weighted by Gasteiger charge is 2.41. The third-order valence-electron chi connectivity index (χ3n) is 5.28. The Hall–Kier alpha value is -2.55. The zero-order valence-corrected chi connectivity index (χ0v) is 17.4. The Morgan fingerprint density at radius 3 is 2.53 bits per heavy atom. The van der Waals surface area contributed by atoms with Crippen molar-refractivity contribution in [2.24, 2.45) is 4.99 Å². The van der Waals surface area contributed by atoms with Gasteiger partial charge in [0.25, 0.3) is 0 Å². The summed E-state index contributed by atoms with van der Waals surface area (Å²) in [6, 6.07) is 8.68. The monoisotopic (exact) mass is 422 g/mol. The van der Waals surface area contributed by atoms with Crippen LogP contribution < -0.4 is 5.32 Å². The van der Waals surface area contributed by atoms with Crippen molar-refractivity contribution in [1.82, 2.24) is 24.9 Å². The first-order valence-corrected chi connectivity index (χ1v) is 10.3. The minimum Gasteiger partial charge on any atom is -0.357 e. The second-order valence-electron chi connectivity index (χ2n) is 7.43. The Kier molecular flexibility index (Phi) is 7.36. The molecule has 1 atom stereocenters. The number of aromatic nitrogens is 2. The number of benzene rings is 1. The molecule has 1 fully saturated rings. The predicted molar refractivity (Wildman–Crippen MR) is 111 cm³/mol. The number of nitrogens with zero attached hydrogens (tertiary/aromatic N) is 5. The zero-order valence-electron chi connectivity index (χ0n) is 17.4. The van der Waals surface area contributed by atoms with Gasteiger partial charge in [-0.1, -0.05) is 24.3 Å². The maximum atomic E-state index is 13.0. The van der Waals surface area contributed by atoms with E-state index in [0.717, 1.165) is 17.1 Å². The van der Waals surface area contributed by atoms with Crippen molar-refractivity contribution >= 4 is 5.96 Å². The summed E-state index contributed by atoms with van der Waals surface area (Å²) in [6.45, 7) is 6.90. The van der Waals surface area contributed by atoms with Crippen molar-refractivity contribution in [3.05, 3.63) is 53.9 Å². The lowest BCUT2D eigenvalue weighted by molar-refractivity contribution is -0.181. The van der Waals surface area contributed by atoms with Gasteiger partial charge in [0.1, 0.15) is 6.04 Å². The number of aliphatic imine (C=N–C) groups is 1. The molecule has 1 aliphatic heterocycles. The fraction of sp³-hybridized carbons (Fsp3) is 0.524. The molecule has 2 heterocycles. The number of alkyl halides is 3. The number of rotatable bonds is 6. The van der Waals surface area contributed by atoms with Gasteiger partial charge >= 0.3 is 6.18 Å². The average molecular weight is 422 g/mol. The maximum Gasteiger partial charge on any atom is 0.403 e. The SMILES string of the molecule is CCNC(=NCc1cccc(Cn2cccn2)c1)N1CCN(C(C)C(F)(F)F)CC1. The lowest BCUT2D eigenvalue weighted by Crippen LogP contribution is -2.56. The third kappa shape index (κ3) is 5.98. The third-order valence-corrected chi connectivity index (χ3v) is 5.28. The summed E-state index contributed by atoms with van der Waals surface area (Å²) in [7, 11) is 0. The normalized spacial score (nSPS) is 17.2. The molecule has 6 nitrogen and oxygen atoms in total. The van der Waals surface area contributed by atoms with Crippen molar-refractivity contribution in [2.75, 3.05) is 32.7 Å². The summed E-state index contributed by atoms with van der Waals surface area (Å²) < 4.78 is 40.8. The van der Waals surface area contributed by atoms with E-state index in [2.05, 4.69) is 22.5 Å². The molecule has 30 heavy (non-hydrogen) atoms. The van der Waals surface area contributed by atoms with E-state index in [1.54, 1.807) is 6.20 Å². The molecule has 1 aromatic carbocycles. The Labute approximate surface area is 175 Å². The van der Waals surface area contributed by atoms with Crippen molar-refractivity contribution < 1.29 is 13.2 Å². The van der Waals surface area contributed by atoms with Crippen LogP contribution in [0.4, 0.5) is 13.2 Å². The molecule has 0 aliphatic carbocycles. The number of halogens is 3. The van der Waals surface area contributed by atoms with Crippen LogP contribution in [0.1, 0.15) is 25.0 Å². The molecule has 1 saturated heterocycles. The molecule has 3 rings (SSSR count). The Morgan fingerprint density at radius 2 is 1.90 bits per heavy atom. The van der Waals surface area contributed by atoms with Crippen LogP contribution in [0.25, 0.3) is 0 Å². The topological polar surface area (TPSA) is 48.7 Å². The average Bonchev–Trinajstić information content (AvgIpc) is 3.23. The van der Waals surface area contributed by atoms with Gasteiger partial charge in [-0.05, 0) is 31.0 Å². The smallest absolute Gasteiger partial charge is 0.357 e. The molecule has 1 unspecified atom stereocenters. The highest BCUT2D eigenvalue weighted by atomic mass is 19.4. The number of hydrogen-bond donors (Lipinski definition) is 1. The van der Waals surface area contributed by atoms with E-state index in [4.69, 9.17) is 4.99 Å². The molecule has 0 bridgehead atoms. The number of hydrogen-bond acceptors (Lipinski definition) is 3. The molecule has 1 N–H and O–H groups in total. The highest BCUT2D eigenvalue weighted by Crippen LogP contribution is 2.25. The van der Waals surface area contributed by atoms with Crippen LogP contribution in [-0.2, 0) is 13.1 Å². The van der Waals surface area contributed by atoms with E-state index in [1.807, 2.05) is 40.9 Å². The van der Waals surface area contributed by atoms with Gasteiger partial charge in [-0.3, -0.25) is 9.58 Å². The number of piperazine rings is 1. The molecule has 0 amide bonds. The molecule has 0 radical (unpaired) electrons. The highest BCUT2D eigenvalue weighted by molar-refractivity contribution is 5.80. The second-order valence-corrected chi connectivity index (χ2v) is 7.43. The second kappa shape index (κ2) is 9.97. The fourth-order valence-corrected chi connectivity index (χ4v) is 3.53. The molecule has 9 heteroatoms. The minimum atomic E-state index is -4.19. The molecule has 164 valence electrons. The molecule has 1 aliphatic rings. The van der Waals surface area contributed by atoms with Gasteiger partial charge < -0.3 is 10.2 Å². The predicted octanol–water partition coefficient (Wildman–Crippen LogP) is 2.97. The van der Waals surface area contributed by atoms with E-state index in [0.29, 0.717) is 45.8 Å². The molecule has 0 spiro atoms. The molecule has 0 saturated carbocycles. The quantitative estimate of drug-likeness (QED) is 0.575. The van der Waals surface area contributed by atoms with E-state index in [-0.39, 0.29) is 0 Å². The Bertz CT molecular complexity index is 810. The maximum absolute atomic E-state index is 13.0.